The first-order valence-corrected chi connectivity index (χ1v) is 8.15. The van der Waals surface area contributed by atoms with E-state index in [1.807, 2.05) is 6.20 Å². The van der Waals surface area contributed by atoms with Crippen molar-refractivity contribution in [2.45, 2.75) is 13.0 Å². The number of H-pyrrole nitrogens is 1. The Morgan fingerprint density at radius 2 is 1.91 bits per heavy atom. The lowest BCUT2D eigenvalue weighted by Gasteiger charge is -2.29. The Labute approximate surface area is 136 Å². The SMILES string of the molecule is CC1Nc2[nH]ccc2C=C1Nc1ccc(N2CCOCC2)cc1. The Kier molecular flexibility index (Phi) is 3.71. The minimum Gasteiger partial charge on any atom is -0.378 e. The van der Waals surface area contributed by atoms with Crippen LogP contribution in [0.4, 0.5) is 17.2 Å². The number of hydrogen-bond donors (Lipinski definition) is 3. The fraction of sp³-hybridized carbons (Fsp3) is 0.333. The van der Waals surface area contributed by atoms with E-state index in [2.05, 4.69) is 63.8 Å². The third-order valence-electron chi connectivity index (χ3n) is 4.45. The van der Waals surface area contributed by atoms with Crippen LogP contribution in [0.15, 0.2) is 42.2 Å². The van der Waals surface area contributed by atoms with Gasteiger partial charge in [0.25, 0.3) is 0 Å². The number of aromatic nitrogens is 1. The van der Waals surface area contributed by atoms with Crippen LogP contribution in [0.25, 0.3) is 6.08 Å². The lowest BCUT2D eigenvalue weighted by molar-refractivity contribution is 0.122. The van der Waals surface area contributed by atoms with Crippen molar-refractivity contribution in [2.75, 3.05) is 41.8 Å². The third-order valence-corrected chi connectivity index (χ3v) is 4.45. The number of anilines is 3. The summed E-state index contributed by atoms with van der Waals surface area (Å²) in [5.74, 6) is 1.09. The Balaban J connectivity index is 1.49. The van der Waals surface area contributed by atoms with Gasteiger partial charge in [-0.15, -0.1) is 0 Å². The smallest absolute Gasteiger partial charge is 0.111 e. The average Bonchev–Trinajstić information content (AvgIpc) is 3.04. The first kappa shape index (κ1) is 14.2. The van der Waals surface area contributed by atoms with Gasteiger partial charge < -0.3 is 25.3 Å². The van der Waals surface area contributed by atoms with Crippen molar-refractivity contribution in [3.63, 3.8) is 0 Å². The molecule has 3 N–H and O–H groups in total. The number of morpholine rings is 1. The summed E-state index contributed by atoms with van der Waals surface area (Å²) in [6, 6.07) is 11.0. The molecule has 2 aromatic rings. The van der Waals surface area contributed by atoms with E-state index in [0.29, 0.717) is 0 Å². The maximum Gasteiger partial charge on any atom is 0.111 e. The predicted molar refractivity (Wildman–Crippen MR) is 95.0 cm³/mol. The van der Waals surface area contributed by atoms with E-state index in [9.17, 15) is 0 Å². The number of fused-ring (bicyclic) bond motifs is 1. The molecule has 0 saturated carbocycles. The van der Waals surface area contributed by atoms with Crippen molar-refractivity contribution in [3.8, 4) is 0 Å². The summed E-state index contributed by atoms with van der Waals surface area (Å²) in [6.07, 6.45) is 4.16. The van der Waals surface area contributed by atoms with Crippen LogP contribution in [0.3, 0.4) is 0 Å². The molecule has 23 heavy (non-hydrogen) atoms. The minimum atomic E-state index is 0.250. The molecule has 1 saturated heterocycles. The molecule has 2 aliphatic rings. The number of benzene rings is 1. The van der Waals surface area contributed by atoms with Gasteiger partial charge in [0.05, 0.1) is 19.3 Å². The second-order valence-electron chi connectivity index (χ2n) is 6.05. The Morgan fingerprint density at radius 3 is 2.70 bits per heavy atom. The fourth-order valence-electron chi connectivity index (χ4n) is 3.10. The standard InChI is InChI=1S/C18H22N4O/c1-13-17(12-14-6-7-19-18(14)20-13)21-15-2-4-16(5-3-15)22-8-10-23-11-9-22/h2-7,12-13,19-21H,8-11H2,1H3. The van der Waals surface area contributed by atoms with Crippen LogP contribution in [0.5, 0.6) is 0 Å². The van der Waals surface area contributed by atoms with Crippen LogP contribution in [-0.2, 0) is 4.74 Å². The molecule has 1 aromatic carbocycles. The molecule has 0 radical (unpaired) electrons. The van der Waals surface area contributed by atoms with Gasteiger partial charge in [0.2, 0.25) is 0 Å². The largest absolute Gasteiger partial charge is 0.378 e. The highest BCUT2D eigenvalue weighted by Gasteiger charge is 2.17. The lowest BCUT2D eigenvalue weighted by Crippen LogP contribution is -2.36. The molecule has 3 heterocycles. The van der Waals surface area contributed by atoms with E-state index in [1.54, 1.807) is 0 Å². The molecular formula is C18H22N4O. The van der Waals surface area contributed by atoms with E-state index in [1.165, 1.54) is 16.9 Å². The first-order chi connectivity index (χ1) is 11.3. The maximum absolute atomic E-state index is 5.41. The lowest BCUT2D eigenvalue weighted by atomic mass is 10.1. The second kappa shape index (κ2) is 6.01. The van der Waals surface area contributed by atoms with Crippen molar-refractivity contribution in [1.29, 1.82) is 0 Å². The third kappa shape index (κ3) is 2.92. The van der Waals surface area contributed by atoms with Crippen molar-refractivity contribution in [1.82, 2.24) is 4.98 Å². The van der Waals surface area contributed by atoms with Gasteiger partial charge in [0.15, 0.2) is 0 Å². The topological polar surface area (TPSA) is 52.3 Å². The zero-order valence-corrected chi connectivity index (χ0v) is 13.3. The number of nitrogens with zero attached hydrogens (tertiary/aromatic N) is 1. The van der Waals surface area contributed by atoms with Gasteiger partial charge in [-0.25, -0.2) is 0 Å². The molecule has 5 heteroatoms. The molecule has 2 aliphatic heterocycles. The highest BCUT2D eigenvalue weighted by atomic mass is 16.5. The fourth-order valence-corrected chi connectivity index (χ4v) is 3.10. The molecular weight excluding hydrogens is 288 g/mol. The van der Waals surface area contributed by atoms with Crippen molar-refractivity contribution in [3.05, 3.63) is 47.8 Å². The van der Waals surface area contributed by atoms with Crippen LogP contribution in [-0.4, -0.2) is 37.3 Å². The van der Waals surface area contributed by atoms with Crippen LogP contribution in [0.2, 0.25) is 0 Å². The summed E-state index contributed by atoms with van der Waals surface area (Å²) in [5, 5.41) is 7.00. The maximum atomic E-state index is 5.41. The molecule has 1 aromatic heterocycles. The van der Waals surface area contributed by atoms with Gasteiger partial charge >= 0.3 is 0 Å². The van der Waals surface area contributed by atoms with E-state index in [-0.39, 0.29) is 6.04 Å². The zero-order chi connectivity index (χ0) is 15.6. The average molecular weight is 310 g/mol. The molecule has 5 nitrogen and oxygen atoms in total. The molecule has 4 rings (SSSR count). The molecule has 0 amide bonds. The van der Waals surface area contributed by atoms with E-state index in [0.717, 1.165) is 37.8 Å². The first-order valence-electron chi connectivity index (χ1n) is 8.15. The van der Waals surface area contributed by atoms with Crippen molar-refractivity contribution >= 4 is 23.3 Å². The Hall–Kier alpha value is -2.40. The number of aromatic amines is 1. The van der Waals surface area contributed by atoms with E-state index < -0.39 is 0 Å². The highest BCUT2D eigenvalue weighted by Crippen LogP contribution is 2.27. The van der Waals surface area contributed by atoms with Gasteiger partial charge in [0, 0.05) is 41.9 Å². The summed E-state index contributed by atoms with van der Waals surface area (Å²) in [7, 11) is 0. The van der Waals surface area contributed by atoms with Gasteiger partial charge in [-0.05, 0) is 43.3 Å². The zero-order valence-electron chi connectivity index (χ0n) is 13.3. The molecule has 1 fully saturated rings. The second-order valence-corrected chi connectivity index (χ2v) is 6.05. The highest BCUT2D eigenvalue weighted by molar-refractivity contribution is 5.73. The van der Waals surface area contributed by atoms with Crippen LogP contribution >= 0.6 is 0 Å². The van der Waals surface area contributed by atoms with Gasteiger partial charge in [-0.2, -0.15) is 0 Å². The summed E-state index contributed by atoms with van der Waals surface area (Å²) in [4.78, 5) is 5.58. The molecule has 0 bridgehead atoms. The van der Waals surface area contributed by atoms with Crippen LogP contribution in [0, 0.1) is 0 Å². The number of rotatable bonds is 3. The minimum absolute atomic E-state index is 0.250. The van der Waals surface area contributed by atoms with E-state index in [4.69, 9.17) is 4.74 Å². The predicted octanol–water partition coefficient (Wildman–Crippen LogP) is 3.12. The van der Waals surface area contributed by atoms with Gasteiger partial charge in [0.1, 0.15) is 5.82 Å². The normalized spacial score (nSPS) is 20.5. The Morgan fingerprint density at radius 1 is 1.13 bits per heavy atom. The van der Waals surface area contributed by atoms with Crippen molar-refractivity contribution < 1.29 is 4.74 Å². The molecule has 0 aliphatic carbocycles. The van der Waals surface area contributed by atoms with Crippen LogP contribution in [0.1, 0.15) is 12.5 Å². The quantitative estimate of drug-likeness (QED) is 0.815. The summed E-state index contributed by atoms with van der Waals surface area (Å²) in [6.45, 7) is 5.72. The molecule has 0 spiro atoms. The number of ether oxygens (including phenoxy) is 1. The summed E-state index contributed by atoms with van der Waals surface area (Å²) < 4.78 is 5.41. The van der Waals surface area contributed by atoms with Crippen molar-refractivity contribution in [2.24, 2.45) is 0 Å². The molecule has 120 valence electrons. The summed E-state index contributed by atoms with van der Waals surface area (Å²) >= 11 is 0. The number of nitrogens with one attached hydrogen (secondary N) is 3. The molecule has 1 atom stereocenters. The van der Waals surface area contributed by atoms with Gasteiger partial charge in [-0.3, -0.25) is 0 Å². The van der Waals surface area contributed by atoms with Gasteiger partial charge in [-0.1, -0.05) is 0 Å². The number of hydrogen-bond acceptors (Lipinski definition) is 4. The van der Waals surface area contributed by atoms with Crippen LogP contribution < -0.4 is 15.5 Å². The molecule has 1 unspecified atom stereocenters. The summed E-state index contributed by atoms with van der Waals surface area (Å²) in [5.41, 5.74) is 4.74. The Bertz CT molecular complexity index is 698. The van der Waals surface area contributed by atoms with E-state index >= 15 is 0 Å². The monoisotopic (exact) mass is 310 g/mol.